The van der Waals surface area contributed by atoms with Crippen LogP contribution in [-0.2, 0) is 0 Å². The Balaban J connectivity index is 1.70. The second-order valence-electron chi connectivity index (χ2n) is 6.49. The van der Waals surface area contributed by atoms with Gasteiger partial charge in [0, 0.05) is 10.9 Å². The molecule has 0 spiro atoms. The van der Waals surface area contributed by atoms with E-state index in [-0.39, 0.29) is 11.6 Å². The van der Waals surface area contributed by atoms with Gasteiger partial charge < -0.3 is 14.5 Å². The molecule has 26 heavy (non-hydrogen) atoms. The van der Waals surface area contributed by atoms with Crippen LogP contribution in [0, 0.1) is 5.92 Å². The Kier molecular flexibility index (Phi) is 5.37. The molecule has 1 aromatic heterocycles. The zero-order chi connectivity index (χ0) is 18.5. The number of nitrogens with one attached hydrogen (secondary N) is 1. The van der Waals surface area contributed by atoms with Crippen molar-refractivity contribution in [2.45, 2.75) is 20.3 Å². The zero-order valence-corrected chi connectivity index (χ0v) is 14.8. The van der Waals surface area contributed by atoms with Gasteiger partial charge in [-0.15, -0.1) is 0 Å². The second-order valence-corrected chi connectivity index (χ2v) is 6.49. The van der Waals surface area contributed by atoms with Crippen molar-refractivity contribution >= 4 is 22.6 Å². The van der Waals surface area contributed by atoms with Crippen LogP contribution < -0.4 is 15.7 Å². The van der Waals surface area contributed by atoms with Gasteiger partial charge in [-0.3, -0.25) is 4.79 Å². The SMILES string of the molecule is CC(C)CCOc1ccc(C(=O)Nc2cc3ccccc3oc2=O)cc1. The summed E-state index contributed by atoms with van der Waals surface area (Å²) in [6.07, 6.45) is 0.972. The molecule has 1 heterocycles. The van der Waals surface area contributed by atoms with Crippen molar-refractivity contribution in [3.8, 4) is 5.75 Å². The molecule has 5 nitrogen and oxygen atoms in total. The van der Waals surface area contributed by atoms with E-state index in [1.807, 2.05) is 12.1 Å². The number of fused-ring (bicyclic) bond motifs is 1. The summed E-state index contributed by atoms with van der Waals surface area (Å²) in [6.45, 7) is 4.92. The lowest BCUT2D eigenvalue weighted by Gasteiger charge is -2.09. The molecule has 1 N–H and O–H groups in total. The Morgan fingerprint density at radius 3 is 2.58 bits per heavy atom. The van der Waals surface area contributed by atoms with Crippen LogP contribution in [0.4, 0.5) is 5.69 Å². The molecule has 2 aromatic carbocycles. The van der Waals surface area contributed by atoms with Gasteiger partial charge in [0.2, 0.25) is 0 Å². The molecule has 0 saturated carbocycles. The van der Waals surface area contributed by atoms with Crippen molar-refractivity contribution in [1.29, 1.82) is 0 Å². The maximum Gasteiger partial charge on any atom is 0.360 e. The van der Waals surface area contributed by atoms with Gasteiger partial charge in [-0.1, -0.05) is 32.0 Å². The lowest BCUT2D eigenvalue weighted by atomic mass is 10.1. The maximum absolute atomic E-state index is 12.4. The minimum Gasteiger partial charge on any atom is -0.494 e. The average molecular weight is 351 g/mol. The van der Waals surface area contributed by atoms with E-state index in [1.54, 1.807) is 42.5 Å². The third kappa shape index (κ3) is 4.30. The van der Waals surface area contributed by atoms with Crippen molar-refractivity contribution in [2.75, 3.05) is 11.9 Å². The molecule has 0 unspecified atom stereocenters. The summed E-state index contributed by atoms with van der Waals surface area (Å²) >= 11 is 0. The Labute approximate surface area is 151 Å². The molecule has 0 saturated heterocycles. The minimum atomic E-state index is -0.578. The summed E-state index contributed by atoms with van der Waals surface area (Å²) in [7, 11) is 0. The lowest BCUT2D eigenvalue weighted by molar-refractivity contribution is 0.102. The highest BCUT2D eigenvalue weighted by atomic mass is 16.5. The highest BCUT2D eigenvalue weighted by molar-refractivity contribution is 6.04. The van der Waals surface area contributed by atoms with Crippen LogP contribution in [0.15, 0.2) is 63.8 Å². The Morgan fingerprint density at radius 1 is 1.12 bits per heavy atom. The monoisotopic (exact) mass is 351 g/mol. The van der Waals surface area contributed by atoms with Crippen LogP contribution in [0.2, 0.25) is 0 Å². The first-order chi connectivity index (χ1) is 12.5. The molecule has 0 aliphatic heterocycles. The van der Waals surface area contributed by atoms with Gasteiger partial charge in [0.15, 0.2) is 0 Å². The number of rotatable bonds is 6. The summed E-state index contributed by atoms with van der Waals surface area (Å²) in [6, 6.07) is 15.6. The highest BCUT2D eigenvalue weighted by Gasteiger charge is 2.11. The molecule has 0 radical (unpaired) electrons. The standard InChI is InChI=1S/C21H21NO4/c1-14(2)11-12-25-17-9-7-15(8-10-17)20(23)22-18-13-16-5-3-4-6-19(16)26-21(18)24/h3-10,13-14H,11-12H2,1-2H3,(H,22,23). The minimum absolute atomic E-state index is 0.117. The van der Waals surface area contributed by atoms with Crippen molar-refractivity contribution in [2.24, 2.45) is 5.92 Å². The first-order valence-electron chi connectivity index (χ1n) is 8.60. The molecular weight excluding hydrogens is 330 g/mol. The molecular formula is C21H21NO4. The van der Waals surface area contributed by atoms with Crippen LogP contribution in [-0.4, -0.2) is 12.5 Å². The number of benzene rings is 2. The van der Waals surface area contributed by atoms with E-state index in [9.17, 15) is 9.59 Å². The van der Waals surface area contributed by atoms with Crippen LogP contribution in [0.5, 0.6) is 5.75 Å². The number of carbonyl (C=O) groups is 1. The van der Waals surface area contributed by atoms with Gasteiger partial charge >= 0.3 is 5.63 Å². The van der Waals surface area contributed by atoms with Crippen LogP contribution in [0.3, 0.4) is 0 Å². The molecule has 3 aromatic rings. The molecule has 0 bridgehead atoms. The fourth-order valence-electron chi connectivity index (χ4n) is 2.46. The normalized spacial score (nSPS) is 10.9. The number of para-hydroxylation sites is 1. The average Bonchev–Trinajstić information content (AvgIpc) is 2.62. The molecule has 1 amide bonds. The van der Waals surface area contributed by atoms with E-state index in [0.29, 0.717) is 29.4 Å². The molecule has 3 rings (SSSR count). The van der Waals surface area contributed by atoms with Gasteiger partial charge in [0.1, 0.15) is 17.0 Å². The van der Waals surface area contributed by atoms with Gasteiger partial charge in [-0.25, -0.2) is 4.79 Å². The van der Waals surface area contributed by atoms with E-state index in [1.165, 1.54) is 0 Å². The fraction of sp³-hybridized carbons (Fsp3) is 0.238. The summed E-state index contributed by atoms with van der Waals surface area (Å²) in [4.78, 5) is 24.4. The first kappa shape index (κ1) is 17.7. The van der Waals surface area contributed by atoms with E-state index in [4.69, 9.17) is 9.15 Å². The zero-order valence-electron chi connectivity index (χ0n) is 14.8. The summed E-state index contributed by atoms with van der Waals surface area (Å²) in [5.41, 5.74) is 0.462. The van der Waals surface area contributed by atoms with Crippen molar-refractivity contribution < 1.29 is 13.9 Å². The second kappa shape index (κ2) is 7.87. The predicted octanol–water partition coefficient (Wildman–Crippen LogP) is 4.47. The number of hydrogen-bond acceptors (Lipinski definition) is 4. The van der Waals surface area contributed by atoms with Crippen molar-refractivity contribution in [1.82, 2.24) is 0 Å². The Morgan fingerprint density at radius 2 is 1.85 bits per heavy atom. The molecule has 0 atom stereocenters. The van der Waals surface area contributed by atoms with Crippen molar-refractivity contribution in [3.63, 3.8) is 0 Å². The fourth-order valence-corrected chi connectivity index (χ4v) is 2.46. The number of anilines is 1. The van der Waals surface area contributed by atoms with Gasteiger partial charge in [-0.05, 0) is 48.7 Å². The van der Waals surface area contributed by atoms with Crippen molar-refractivity contribution in [3.05, 3.63) is 70.6 Å². The third-order valence-electron chi connectivity index (χ3n) is 3.97. The summed E-state index contributed by atoms with van der Waals surface area (Å²) in [5, 5.41) is 3.36. The van der Waals surface area contributed by atoms with Crippen LogP contribution in [0.1, 0.15) is 30.6 Å². The van der Waals surface area contributed by atoms with E-state index >= 15 is 0 Å². The van der Waals surface area contributed by atoms with Gasteiger partial charge in [0.25, 0.3) is 5.91 Å². The molecule has 0 aliphatic carbocycles. The Bertz CT molecular complexity index is 958. The van der Waals surface area contributed by atoms with E-state index in [2.05, 4.69) is 19.2 Å². The number of amides is 1. The van der Waals surface area contributed by atoms with Gasteiger partial charge in [0.05, 0.1) is 6.61 Å². The molecule has 0 aliphatic rings. The van der Waals surface area contributed by atoms with E-state index < -0.39 is 5.63 Å². The Hall–Kier alpha value is -3.08. The van der Waals surface area contributed by atoms with Crippen LogP contribution >= 0.6 is 0 Å². The van der Waals surface area contributed by atoms with Gasteiger partial charge in [-0.2, -0.15) is 0 Å². The number of carbonyl (C=O) groups excluding carboxylic acids is 1. The van der Waals surface area contributed by atoms with Crippen LogP contribution in [0.25, 0.3) is 11.0 Å². The molecule has 134 valence electrons. The third-order valence-corrected chi connectivity index (χ3v) is 3.97. The highest BCUT2D eigenvalue weighted by Crippen LogP contribution is 2.17. The topological polar surface area (TPSA) is 68.5 Å². The smallest absolute Gasteiger partial charge is 0.360 e. The van der Waals surface area contributed by atoms with E-state index in [0.717, 1.165) is 11.8 Å². The molecule has 5 heteroatoms. The number of hydrogen-bond donors (Lipinski definition) is 1. The molecule has 0 fully saturated rings. The first-order valence-corrected chi connectivity index (χ1v) is 8.60. The maximum atomic E-state index is 12.4. The predicted molar refractivity (Wildman–Crippen MR) is 102 cm³/mol. The lowest BCUT2D eigenvalue weighted by Crippen LogP contribution is -2.17. The quantitative estimate of drug-likeness (QED) is 0.665. The summed E-state index contributed by atoms with van der Waals surface area (Å²) < 4.78 is 10.9. The number of ether oxygens (including phenoxy) is 1. The largest absolute Gasteiger partial charge is 0.494 e. The summed E-state index contributed by atoms with van der Waals surface area (Å²) in [5.74, 6) is 0.919.